The minimum absolute atomic E-state index is 0.0309. The van der Waals surface area contributed by atoms with Crippen molar-refractivity contribution in [3.05, 3.63) is 76.6 Å². The van der Waals surface area contributed by atoms with Gasteiger partial charge in [0.15, 0.2) is 0 Å². The molecule has 7 nitrogen and oxygen atoms in total. The van der Waals surface area contributed by atoms with Crippen molar-refractivity contribution in [1.29, 1.82) is 10.5 Å². The molecule has 2 heterocycles. The number of nitriles is 2. The van der Waals surface area contributed by atoms with E-state index in [0.717, 1.165) is 12.8 Å². The van der Waals surface area contributed by atoms with Crippen LogP contribution in [0.25, 0.3) is 11.1 Å². The van der Waals surface area contributed by atoms with E-state index in [-0.39, 0.29) is 33.6 Å². The zero-order chi connectivity index (χ0) is 26.8. The van der Waals surface area contributed by atoms with Crippen LogP contribution in [-0.2, 0) is 0 Å². The maximum Gasteiger partial charge on any atom is 0.251 e. The predicted octanol–water partition coefficient (Wildman–Crippen LogP) is 5.98. The van der Waals surface area contributed by atoms with Crippen LogP contribution in [0.2, 0.25) is 5.02 Å². The molecule has 2 aromatic carbocycles. The molecule has 3 aromatic rings. The van der Waals surface area contributed by atoms with Crippen molar-refractivity contribution in [2.75, 3.05) is 0 Å². The highest BCUT2D eigenvalue weighted by atomic mass is 35.5. The van der Waals surface area contributed by atoms with Crippen LogP contribution in [0, 0.1) is 22.7 Å². The molecule has 1 aromatic heterocycles. The standard InChI is InChI=1S/C29H28ClN5O2/c1-28(2)12-21(13-29(3,4)35-28)34-27(36)19-8-9-26(24(30)11-19)37-25-7-5-6-22(23(25)15-32)20-10-18(14-31)16-33-17-20/h5-11,16-17,21,35H,12-13H2,1-4H3,(H,34,36). The Hall–Kier alpha value is -3.91. The number of aromatic nitrogens is 1. The number of amides is 1. The molecule has 0 saturated carbocycles. The molecule has 1 fully saturated rings. The molecular weight excluding hydrogens is 486 g/mol. The Morgan fingerprint density at radius 1 is 1.05 bits per heavy atom. The lowest BCUT2D eigenvalue weighted by Crippen LogP contribution is -2.62. The molecule has 0 unspecified atom stereocenters. The molecular formula is C29H28ClN5O2. The number of halogens is 1. The minimum Gasteiger partial charge on any atom is -0.454 e. The zero-order valence-corrected chi connectivity index (χ0v) is 22.0. The van der Waals surface area contributed by atoms with Gasteiger partial charge in [-0.15, -0.1) is 0 Å². The number of hydrogen-bond acceptors (Lipinski definition) is 6. The molecule has 1 amide bonds. The Bertz CT molecular complexity index is 1420. The Labute approximate surface area is 222 Å². The predicted molar refractivity (Wildman–Crippen MR) is 142 cm³/mol. The van der Waals surface area contributed by atoms with Gasteiger partial charge in [0, 0.05) is 46.2 Å². The molecule has 0 aliphatic carbocycles. The maximum atomic E-state index is 13.0. The largest absolute Gasteiger partial charge is 0.454 e. The highest BCUT2D eigenvalue weighted by molar-refractivity contribution is 6.32. The van der Waals surface area contributed by atoms with E-state index in [0.29, 0.717) is 33.8 Å². The Morgan fingerprint density at radius 2 is 1.78 bits per heavy atom. The molecule has 0 atom stereocenters. The topological polar surface area (TPSA) is 111 Å². The lowest BCUT2D eigenvalue weighted by Gasteiger charge is -2.46. The average Bonchev–Trinajstić information content (AvgIpc) is 2.83. The molecule has 37 heavy (non-hydrogen) atoms. The molecule has 1 saturated heterocycles. The van der Waals surface area contributed by atoms with Gasteiger partial charge in [-0.3, -0.25) is 9.78 Å². The number of hydrogen-bond donors (Lipinski definition) is 2. The summed E-state index contributed by atoms with van der Waals surface area (Å²) in [4.78, 5) is 17.1. The van der Waals surface area contributed by atoms with Crippen LogP contribution in [0.1, 0.15) is 62.0 Å². The summed E-state index contributed by atoms with van der Waals surface area (Å²) in [6, 6.07) is 16.0. The normalized spacial score (nSPS) is 16.3. The lowest BCUT2D eigenvalue weighted by molar-refractivity contribution is 0.0873. The maximum absolute atomic E-state index is 13.0. The molecule has 1 aliphatic heterocycles. The summed E-state index contributed by atoms with van der Waals surface area (Å²) in [5, 5.41) is 26.1. The van der Waals surface area contributed by atoms with Gasteiger partial charge in [0.25, 0.3) is 5.91 Å². The van der Waals surface area contributed by atoms with Crippen molar-refractivity contribution in [3.63, 3.8) is 0 Å². The van der Waals surface area contributed by atoms with Crippen LogP contribution in [0.5, 0.6) is 11.5 Å². The van der Waals surface area contributed by atoms with Crippen LogP contribution in [0.3, 0.4) is 0 Å². The molecule has 2 N–H and O–H groups in total. The second kappa shape index (κ2) is 10.2. The number of ether oxygens (including phenoxy) is 1. The molecule has 1 aliphatic rings. The summed E-state index contributed by atoms with van der Waals surface area (Å²) in [6.07, 6.45) is 4.68. The first-order valence-corrected chi connectivity index (χ1v) is 12.3. The molecule has 8 heteroatoms. The third-order valence-corrected chi connectivity index (χ3v) is 6.55. The average molecular weight is 514 g/mol. The SMILES string of the molecule is CC1(C)CC(NC(=O)c2ccc(Oc3cccc(-c4cncc(C#N)c4)c3C#N)c(Cl)c2)CC(C)(C)N1. The zero-order valence-electron chi connectivity index (χ0n) is 21.2. The third kappa shape index (κ3) is 6.09. The van der Waals surface area contributed by atoms with E-state index < -0.39 is 0 Å². The smallest absolute Gasteiger partial charge is 0.251 e. The summed E-state index contributed by atoms with van der Waals surface area (Å²) in [5.74, 6) is 0.428. The lowest BCUT2D eigenvalue weighted by atomic mass is 9.79. The third-order valence-electron chi connectivity index (χ3n) is 6.26. The number of carbonyl (C=O) groups is 1. The van der Waals surface area contributed by atoms with Gasteiger partial charge >= 0.3 is 0 Å². The second-order valence-electron chi connectivity index (χ2n) is 10.6. The first-order valence-electron chi connectivity index (χ1n) is 12.0. The van der Waals surface area contributed by atoms with Crippen molar-refractivity contribution < 1.29 is 9.53 Å². The van der Waals surface area contributed by atoms with E-state index in [1.807, 2.05) is 0 Å². The molecule has 188 valence electrons. The highest BCUT2D eigenvalue weighted by Gasteiger charge is 2.38. The van der Waals surface area contributed by atoms with E-state index >= 15 is 0 Å². The summed E-state index contributed by atoms with van der Waals surface area (Å²) in [5.41, 5.74) is 2.14. The van der Waals surface area contributed by atoms with Gasteiger partial charge in [-0.2, -0.15) is 10.5 Å². The first kappa shape index (κ1) is 26.2. The van der Waals surface area contributed by atoms with Crippen molar-refractivity contribution in [3.8, 4) is 34.8 Å². The van der Waals surface area contributed by atoms with E-state index in [9.17, 15) is 15.3 Å². The number of nitrogens with one attached hydrogen (secondary N) is 2. The monoisotopic (exact) mass is 513 g/mol. The van der Waals surface area contributed by atoms with Crippen LogP contribution >= 0.6 is 11.6 Å². The van der Waals surface area contributed by atoms with E-state index in [1.165, 1.54) is 6.20 Å². The minimum atomic E-state index is -0.198. The van der Waals surface area contributed by atoms with Gasteiger partial charge < -0.3 is 15.4 Å². The molecule has 0 radical (unpaired) electrons. The van der Waals surface area contributed by atoms with Gasteiger partial charge in [0.1, 0.15) is 29.2 Å². The summed E-state index contributed by atoms with van der Waals surface area (Å²) >= 11 is 6.50. The Balaban J connectivity index is 1.54. The van der Waals surface area contributed by atoms with Crippen molar-refractivity contribution in [2.45, 2.75) is 57.7 Å². The quantitative estimate of drug-likeness (QED) is 0.434. The van der Waals surface area contributed by atoms with E-state index in [2.05, 4.69) is 55.5 Å². The van der Waals surface area contributed by atoms with Gasteiger partial charge in [-0.05, 0) is 70.9 Å². The van der Waals surface area contributed by atoms with E-state index in [1.54, 1.807) is 48.7 Å². The summed E-state index contributed by atoms with van der Waals surface area (Å²) in [6.45, 7) is 8.54. The van der Waals surface area contributed by atoms with Gasteiger partial charge in [-0.25, -0.2) is 0 Å². The molecule has 4 rings (SSSR count). The number of pyridine rings is 1. The number of piperidine rings is 1. The first-order chi connectivity index (χ1) is 17.5. The fourth-order valence-corrected chi connectivity index (χ4v) is 5.38. The van der Waals surface area contributed by atoms with Gasteiger partial charge in [0.05, 0.1) is 10.6 Å². The number of rotatable bonds is 5. The van der Waals surface area contributed by atoms with Crippen LogP contribution in [0.4, 0.5) is 0 Å². The number of nitrogens with zero attached hydrogens (tertiary/aromatic N) is 3. The van der Waals surface area contributed by atoms with Crippen LogP contribution in [-0.4, -0.2) is 28.0 Å². The van der Waals surface area contributed by atoms with E-state index in [4.69, 9.17) is 16.3 Å². The molecule has 0 bridgehead atoms. The second-order valence-corrected chi connectivity index (χ2v) is 11.0. The van der Waals surface area contributed by atoms with Gasteiger partial charge in [0.2, 0.25) is 0 Å². The van der Waals surface area contributed by atoms with Crippen molar-refractivity contribution in [1.82, 2.24) is 15.6 Å². The van der Waals surface area contributed by atoms with Gasteiger partial charge in [-0.1, -0.05) is 23.7 Å². The van der Waals surface area contributed by atoms with Crippen molar-refractivity contribution >= 4 is 17.5 Å². The molecule has 0 spiro atoms. The highest BCUT2D eigenvalue weighted by Crippen LogP contribution is 2.36. The summed E-state index contributed by atoms with van der Waals surface area (Å²) in [7, 11) is 0. The Morgan fingerprint density at radius 3 is 2.43 bits per heavy atom. The summed E-state index contributed by atoms with van der Waals surface area (Å²) < 4.78 is 6.01. The Kier molecular flexibility index (Phi) is 7.23. The fourth-order valence-electron chi connectivity index (χ4n) is 5.16. The number of carbonyl (C=O) groups excluding carboxylic acids is 1. The van der Waals surface area contributed by atoms with Crippen LogP contribution < -0.4 is 15.4 Å². The van der Waals surface area contributed by atoms with Crippen LogP contribution in [0.15, 0.2) is 54.9 Å². The number of benzene rings is 2. The fraction of sp³-hybridized carbons (Fsp3) is 0.310. The van der Waals surface area contributed by atoms with Crippen molar-refractivity contribution in [2.24, 2.45) is 0 Å².